The molecule has 2 fully saturated rings. The molecule has 7 nitrogen and oxygen atoms in total. The number of hydrogen-bond acceptors (Lipinski definition) is 5. The van der Waals surface area contributed by atoms with Crippen molar-refractivity contribution in [3.05, 3.63) is 41.2 Å². The van der Waals surface area contributed by atoms with E-state index < -0.39 is 11.9 Å². The van der Waals surface area contributed by atoms with E-state index in [4.69, 9.17) is 9.52 Å². The van der Waals surface area contributed by atoms with Gasteiger partial charge in [-0.3, -0.25) is 14.4 Å². The second-order valence-electron chi connectivity index (χ2n) is 6.00. The smallest absolute Gasteiger partial charge is 0.307 e. The molecule has 4 rings (SSSR count). The fourth-order valence-electron chi connectivity index (χ4n) is 3.38. The van der Waals surface area contributed by atoms with Gasteiger partial charge in [-0.1, -0.05) is 0 Å². The number of anilines is 1. The Labute approximate surface area is 140 Å². The molecule has 2 amide bonds. The van der Waals surface area contributed by atoms with Gasteiger partial charge < -0.3 is 19.7 Å². The maximum Gasteiger partial charge on any atom is 0.307 e. The molecule has 1 aliphatic heterocycles. The number of carbonyl (C=O) groups is 3. The van der Waals surface area contributed by atoms with E-state index in [9.17, 15) is 14.4 Å². The molecule has 2 aliphatic rings. The number of thiophene rings is 1. The molecule has 1 unspecified atom stereocenters. The zero-order valence-electron chi connectivity index (χ0n) is 12.5. The van der Waals surface area contributed by atoms with Crippen LogP contribution < -0.4 is 5.32 Å². The molecule has 1 saturated heterocycles. The lowest BCUT2D eigenvalue weighted by Gasteiger charge is -2.19. The van der Waals surface area contributed by atoms with E-state index in [0.717, 1.165) is 0 Å². The van der Waals surface area contributed by atoms with Crippen LogP contribution in [0.15, 0.2) is 34.3 Å². The number of likely N-dealkylation sites (tertiary alicyclic amines) is 1. The minimum Gasteiger partial charge on any atom is -0.481 e. The third-order valence-electron chi connectivity index (χ3n) is 4.63. The molecular weight excluding hydrogens is 332 g/mol. The zero-order chi connectivity index (χ0) is 16.8. The number of nitrogens with one attached hydrogen (secondary N) is 1. The summed E-state index contributed by atoms with van der Waals surface area (Å²) in [4.78, 5) is 37.4. The van der Waals surface area contributed by atoms with Gasteiger partial charge in [0.05, 0.1) is 17.7 Å². The summed E-state index contributed by atoms with van der Waals surface area (Å²) in [6, 6.07) is 4.83. The van der Waals surface area contributed by atoms with Crippen LogP contribution in [-0.4, -0.2) is 40.9 Å². The number of carboxylic acid groups (broad SMARTS) is 1. The zero-order valence-corrected chi connectivity index (χ0v) is 13.3. The first-order chi connectivity index (χ1) is 11.6. The standard InChI is InChI=1S/C16H14N2O5S/c19-13(11-2-1-4-23-11)17-14-8(3-5-24-14)15(20)18-6-9-10(7-18)12(9)16(21)22/h1-5,9-10,12H,6-7H2,(H,17,19)(H,21,22)/t9-,10+,12?. The number of amides is 2. The van der Waals surface area contributed by atoms with Gasteiger partial charge in [0, 0.05) is 13.1 Å². The molecule has 0 radical (unpaired) electrons. The third-order valence-corrected chi connectivity index (χ3v) is 5.46. The highest BCUT2D eigenvalue weighted by Gasteiger charge is 2.60. The normalized spacial score (nSPS) is 24.5. The van der Waals surface area contributed by atoms with Crippen molar-refractivity contribution in [3.63, 3.8) is 0 Å². The number of piperidine rings is 1. The predicted octanol–water partition coefficient (Wildman–Crippen LogP) is 2.00. The lowest BCUT2D eigenvalue weighted by molar-refractivity contribution is -0.139. The van der Waals surface area contributed by atoms with Gasteiger partial charge in [-0.25, -0.2) is 0 Å². The lowest BCUT2D eigenvalue weighted by atomic mass is 10.2. The summed E-state index contributed by atoms with van der Waals surface area (Å²) in [6.07, 6.45) is 1.41. The monoisotopic (exact) mass is 346 g/mol. The Morgan fingerprint density at radius 3 is 2.62 bits per heavy atom. The van der Waals surface area contributed by atoms with E-state index >= 15 is 0 Å². The van der Waals surface area contributed by atoms with Crippen LogP contribution in [0.25, 0.3) is 0 Å². The van der Waals surface area contributed by atoms with E-state index in [2.05, 4.69) is 5.32 Å². The van der Waals surface area contributed by atoms with E-state index in [-0.39, 0.29) is 29.4 Å². The Balaban J connectivity index is 1.44. The molecule has 1 aliphatic carbocycles. The van der Waals surface area contributed by atoms with Gasteiger partial charge in [0.2, 0.25) is 0 Å². The van der Waals surface area contributed by atoms with Crippen molar-refractivity contribution in [2.24, 2.45) is 17.8 Å². The van der Waals surface area contributed by atoms with Crippen molar-refractivity contribution < 1.29 is 23.9 Å². The molecule has 0 bridgehead atoms. The Morgan fingerprint density at radius 2 is 2.00 bits per heavy atom. The molecule has 3 atom stereocenters. The van der Waals surface area contributed by atoms with E-state index in [1.165, 1.54) is 17.6 Å². The number of nitrogens with zero attached hydrogens (tertiary/aromatic N) is 1. The van der Waals surface area contributed by atoms with Crippen LogP contribution in [-0.2, 0) is 4.79 Å². The summed E-state index contributed by atoms with van der Waals surface area (Å²) >= 11 is 1.26. The fraction of sp³-hybridized carbons (Fsp3) is 0.312. The van der Waals surface area contributed by atoms with Crippen LogP contribution in [0.4, 0.5) is 5.00 Å². The molecule has 0 spiro atoms. The number of furan rings is 1. The second-order valence-corrected chi connectivity index (χ2v) is 6.91. The van der Waals surface area contributed by atoms with E-state index in [1.54, 1.807) is 28.5 Å². The van der Waals surface area contributed by atoms with Gasteiger partial charge in [-0.05, 0) is 35.4 Å². The molecular formula is C16H14N2O5S. The summed E-state index contributed by atoms with van der Waals surface area (Å²) in [7, 11) is 0. The molecule has 1 saturated carbocycles. The minimum atomic E-state index is -0.779. The maximum absolute atomic E-state index is 12.6. The van der Waals surface area contributed by atoms with Crippen LogP contribution in [0, 0.1) is 17.8 Å². The first kappa shape index (κ1) is 14.9. The average molecular weight is 346 g/mol. The molecule has 2 aromatic heterocycles. The van der Waals surface area contributed by atoms with Gasteiger partial charge in [-0.2, -0.15) is 0 Å². The van der Waals surface area contributed by atoms with Crippen molar-refractivity contribution in [2.75, 3.05) is 18.4 Å². The summed E-state index contributed by atoms with van der Waals surface area (Å²) in [5, 5.41) is 13.9. The van der Waals surface area contributed by atoms with Crippen molar-refractivity contribution in [2.45, 2.75) is 0 Å². The number of carboxylic acids is 1. The van der Waals surface area contributed by atoms with Gasteiger partial charge in [0.1, 0.15) is 5.00 Å². The quantitative estimate of drug-likeness (QED) is 0.882. The average Bonchev–Trinajstić information content (AvgIpc) is 3.08. The van der Waals surface area contributed by atoms with Crippen molar-refractivity contribution in [1.82, 2.24) is 4.90 Å². The molecule has 0 aromatic carbocycles. The lowest BCUT2D eigenvalue weighted by Crippen LogP contribution is -2.32. The second kappa shape index (κ2) is 5.48. The Bertz CT molecular complexity index is 800. The number of rotatable bonds is 4. The Morgan fingerprint density at radius 1 is 1.25 bits per heavy atom. The van der Waals surface area contributed by atoms with Gasteiger partial charge >= 0.3 is 5.97 Å². The van der Waals surface area contributed by atoms with Crippen molar-refractivity contribution in [3.8, 4) is 0 Å². The van der Waals surface area contributed by atoms with E-state index in [1.807, 2.05) is 0 Å². The van der Waals surface area contributed by atoms with Crippen LogP contribution >= 0.6 is 11.3 Å². The molecule has 24 heavy (non-hydrogen) atoms. The number of fused-ring (bicyclic) bond motifs is 1. The van der Waals surface area contributed by atoms with Crippen LogP contribution in [0.2, 0.25) is 0 Å². The summed E-state index contributed by atoms with van der Waals surface area (Å²) < 4.78 is 5.04. The molecule has 2 N–H and O–H groups in total. The largest absolute Gasteiger partial charge is 0.481 e. The minimum absolute atomic E-state index is 0.0613. The van der Waals surface area contributed by atoms with Crippen LogP contribution in [0.1, 0.15) is 20.9 Å². The Kier molecular flexibility index (Phi) is 3.42. The number of hydrogen-bond donors (Lipinski definition) is 2. The van der Waals surface area contributed by atoms with Crippen molar-refractivity contribution in [1.29, 1.82) is 0 Å². The molecule has 3 heterocycles. The summed E-state index contributed by atoms with van der Waals surface area (Å²) in [5.41, 5.74) is 0.424. The highest BCUT2D eigenvalue weighted by atomic mass is 32.1. The first-order valence-electron chi connectivity index (χ1n) is 7.50. The number of carbonyl (C=O) groups excluding carboxylic acids is 2. The molecule has 2 aromatic rings. The van der Waals surface area contributed by atoms with E-state index in [0.29, 0.717) is 23.7 Å². The number of aliphatic carboxylic acids is 1. The predicted molar refractivity (Wildman–Crippen MR) is 85.0 cm³/mol. The fourth-order valence-corrected chi connectivity index (χ4v) is 4.15. The Hall–Kier alpha value is -2.61. The van der Waals surface area contributed by atoms with Gasteiger partial charge in [0.25, 0.3) is 11.8 Å². The van der Waals surface area contributed by atoms with Crippen molar-refractivity contribution >= 4 is 34.1 Å². The highest BCUT2D eigenvalue weighted by Crippen LogP contribution is 2.52. The summed E-state index contributed by atoms with van der Waals surface area (Å²) in [6.45, 7) is 0.920. The van der Waals surface area contributed by atoms with Gasteiger partial charge in [0.15, 0.2) is 5.76 Å². The third kappa shape index (κ3) is 2.39. The highest BCUT2D eigenvalue weighted by molar-refractivity contribution is 7.14. The summed E-state index contributed by atoms with van der Waals surface area (Å²) in [5.74, 6) is -1.38. The maximum atomic E-state index is 12.6. The van der Waals surface area contributed by atoms with Gasteiger partial charge in [-0.15, -0.1) is 11.3 Å². The topological polar surface area (TPSA) is 99.9 Å². The molecule has 8 heteroatoms. The van der Waals surface area contributed by atoms with Crippen LogP contribution in [0.5, 0.6) is 0 Å². The SMILES string of the molecule is O=C(Nc1sccc1C(=O)N1C[C@@H]2C(C(=O)O)[C@@H]2C1)c1ccco1. The molecule has 124 valence electrons. The van der Waals surface area contributed by atoms with Crippen LogP contribution in [0.3, 0.4) is 0 Å². The first-order valence-corrected chi connectivity index (χ1v) is 8.38.